The maximum Gasteiger partial charge on any atom is 0.412 e. The highest BCUT2D eigenvalue weighted by Crippen LogP contribution is 2.08. The van der Waals surface area contributed by atoms with Crippen LogP contribution in [-0.4, -0.2) is 18.4 Å². The monoisotopic (exact) mass is 273 g/mol. The van der Waals surface area contributed by atoms with E-state index >= 15 is 0 Å². The zero-order valence-corrected chi connectivity index (χ0v) is 10.5. The van der Waals surface area contributed by atoms with E-state index in [0.29, 0.717) is 5.75 Å². The fraction of sp³-hybridized carbons (Fsp3) is 0.0667. The average Bonchev–Trinajstić information content (AvgIpc) is 2.46. The van der Waals surface area contributed by atoms with Gasteiger partial charge in [-0.3, -0.25) is 4.79 Å². The molecular formula is C15H12FNO3. The Kier molecular flexibility index (Phi) is 4.44. The molecule has 0 unspecified atom stereocenters. The number of benzene rings is 2. The number of halogens is 1. The molecule has 0 radical (unpaired) electrons. The first-order chi connectivity index (χ1) is 9.65. The lowest BCUT2D eigenvalue weighted by molar-refractivity contribution is 0.0987. The molecule has 2 rings (SSSR count). The summed E-state index contributed by atoms with van der Waals surface area (Å²) in [4.78, 5) is 23.2. The number of Topliss-reactive ketones (excluding diaryl/α,β-unsaturated/α-hetero) is 1. The zero-order chi connectivity index (χ0) is 14.4. The van der Waals surface area contributed by atoms with Gasteiger partial charge in [0.05, 0.1) is 6.54 Å². The Morgan fingerprint density at radius 1 is 1.05 bits per heavy atom. The SMILES string of the molecule is O=C(NCC(=O)c1cccc(F)c1)Oc1ccccc1. The summed E-state index contributed by atoms with van der Waals surface area (Å²) in [7, 11) is 0. The van der Waals surface area contributed by atoms with Crippen molar-refractivity contribution in [3.63, 3.8) is 0 Å². The number of hydrogen-bond acceptors (Lipinski definition) is 3. The van der Waals surface area contributed by atoms with E-state index in [-0.39, 0.29) is 12.1 Å². The average molecular weight is 273 g/mol. The van der Waals surface area contributed by atoms with Gasteiger partial charge in [0.2, 0.25) is 0 Å². The van der Waals surface area contributed by atoms with Crippen LogP contribution in [-0.2, 0) is 0 Å². The first-order valence-electron chi connectivity index (χ1n) is 5.94. The molecule has 0 saturated heterocycles. The van der Waals surface area contributed by atoms with Crippen LogP contribution in [0.3, 0.4) is 0 Å². The number of para-hydroxylation sites is 1. The summed E-state index contributed by atoms with van der Waals surface area (Å²) in [6.45, 7) is -0.255. The van der Waals surface area contributed by atoms with Crippen molar-refractivity contribution in [1.82, 2.24) is 5.32 Å². The first kappa shape index (κ1) is 13.7. The minimum Gasteiger partial charge on any atom is -0.410 e. The van der Waals surface area contributed by atoms with Crippen LogP contribution < -0.4 is 10.1 Å². The molecule has 0 aromatic heterocycles. The smallest absolute Gasteiger partial charge is 0.410 e. The van der Waals surface area contributed by atoms with Crippen molar-refractivity contribution in [2.45, 2.75) is 0 Å². The first-order valence-corrected chi connectivity index (χ1v) is 5.94. The highest BCUT2D eigenvalue weighted by Gasteiger charge is 2.10. The van der Waals surface area contributed by atoms with E-state index in [0.717, 1.165) is 6.07 Å². The minimum absolute atomic E-state index is 0.199. The number of rotatable bonds is 4. The van der Waals surface area contributed by atoms with E-state index in [1.807, 2.05) is 0 Å². The maximum absolute atomic E-state index is 12.9. The normalized spacial score (nSPS) is 9.85. The molecule has 1 amide bonds. The third-order valence-electron chi connectivity index (χ3n) is 2.49. The molecule has 0 spiro atoms. The molecule has 1 N–H and O–H groups in total. The van der Waals surface area contributed by atoms with E-state index in [1.165, 1.54) is 18.2 Å². The van der Waals surface area contributed by atoms with Gasteiger partial charge in [0.15, 0.2) is 5.78 Å². The van der Waals surface area contributed by atoms with E-state index in [1.54, 1.807) is 30.3 Å². The van der Waals surface area contributed by atoms with Gasteiger partial charge in [-0.2, -0.15) is 0 Å². The second kappa shape index (κ2) is 6.47. The number of hydrogen-bond donors (Lipinski definition) is 1. The molecule has 0 bridgehead atoms. The molecule has 20 heavy (non-hydrogen) atoms. The van der Waals surface area contributed by atoms with Gasteiger partial charge < -0.3 is 10.1 Å². The van der Waals surface area contributed by atoms with Crippen molar-refractivity contribution in [1.29, 1.82) is 0 Å². The maximum atomic E-state index is 12.9. The van der Waals surface area contributed by atoms with Crippen LogP contribution in [0, 0.1) is 5.82 Å². The van der Waals surface area contributed by atoms with Gasteiger partial charge in [-0.15, -0.1) is 0 Å². The molecule has 0 atom stereocenters. The van der Waals surface area contributed by atoms with Crippen molar-refractivity contribution in [3.05, 3.63) is 66.0 Å². The minimum atomic E-state index is -0.735. The molecule has 2 aromatic rings. The summed E-state index contributed by atoms with van der Waals surface area (Å²) in [6.07, 6.45) is -0.735. The van der Waals surface area contributed by atoms with Gasteiger partial charge in [0, 0.05) is 5.56 Å². The molecule has 102 valence electrons. The predicted molar refractivity (Wildman–Crippen MR) is 71.2 cm³/mol. The molecule has 0 aliphatic heterocycles. The third-order valence-corrected chi connectivity index (χ3v) is 2.49. The Morgan fingerprint density at radius 2 is 1.80 bits per heavy atom. The van der Waals surface area contributed by atoms with Crippen LogP contribution in [0.4, 0.5) is 9.18 Å². The van der Waals surface area contributed by atoms with Gasteiger partial charge in [0.25, 0.3) is 0 Å². The standard InChI is InChI=1S/C15H12FNO3/c16-12-6-4-5-11(9-12)14(18)10-17-15(19)20-13-7-2-1-3-8-13/h1-9H,10H2,(H,17,19). The Morgan fingerprint density at radius 3 is 2.50 bits per heavy atom. The molecule has 0 aliphatic rings. The number of nitrogens with one attached hydrogen (secondary N) is 1. The highest BCUT2D eigenvalue weighted by molar-refractivity contribution is 5.98. The lowest BCUT2D eigenvalue weighted by Gasteiger charge is -2.06. The number of ketones is 1. The molecular weight excluding hydrogens is 261 g/mol. The Labute approximate surface area is 115 Å². The number of carbonyl (C=O) groups is 2. The Balaban J connectivity index is 1.86. The van der Waals surface area contributed by atoms with Crippen LogP contribution in [0.1, 0.15) is 10.4 Å². The highest BCUT2D eigenvalue weighted by atomic mass is 19.1. The van der Waals surface area contributed by atoms with Crippen LogP contribution in [0.15, 0.2) is 54.6 Å². The Hall–Kier alpha value is -2.69. The van der Waals surface area contributed by atoms with Crippen LogP contribution in [0.25, 0.3) is 0 Å². The summed E-state index contributed by atoms with van der Waals surface area (Å²) in [6, 6.07) is 13.8. The number of carbonyl (C=O) groups excluding carboxylic acids is 2. The molecule has 0 fully saturated rings. The molecule has 0 aliphatic carbocycles. The summed E-state index contributed by atoms with van der Waals surface area (Å²) < 4.78 is 17.9. The van der Waals surface area contributed by atoms with E-state index < -0.39 is 17.7 Å². The summed E-state index contributed by atoms with van der Waals surface area (Å²) in [5, 5.41) is 2.32. The second-order valence-corrected chi connectivity index (χ2v) is 3.99. The van der Waals surface area contributed by atoms with E-state index in [2.05, 4.69) is 5.32 Å². The van der Waals surface area contributed by atoms with Gasteiger partial charge in [-0.1, -0.05) is 30.3 Å². The molecule has 4 nitrogen and oxygen atoms in total. The van der Waals surface area contributed by atoms with E-state index in [4.69, 9.17) is 4.74 Å². The van der Waals surface area contributed by atoms with Crippen molar-refractivity contribution in [2.75, 3.05) is 6.54 Å². The fourth-order valence-corrected chi connectivity index (χ4v) is 1.55. The number of ether oxygens (including phenoxy) is 1. The molecule has 2 aromatic carbocycles. The van der Waals surface area contributed by atoms with Gasteiger partial charge in [-0.25, -0.2) is 9.18 Å². The van der Waals surface area contributed by atoms with Gasteiger partial charge in [0.1, 0.15) is 11.6 Å². The van der Waals surface area contributed by atoms with Crippen LogP contribution in [0.5, 0.6) is 5.75 Å². The van der Waals surface area contributed by atoms with Crippen LogP contribution in [0.2, 0.25) is 0 Å². The lowest BCUT2D eigenvalue weighted by Crippen LogP contribution is -2.32. The summed E-state index contributed by atoms with van der Waals surface area (Å²) in [5.41, 5.74) is 0.199. The van der Waals surface area contributed by atoms with Crippen molar-refractivity contribution < 1.29 is 18.7 Å². The van der Waals surface area contributed by atoms with Crippen molar-refractivity contribution >= 4 is 11.9 Å². The zero-order valence-electron chi connectivity index (χ0n) is 10.5. The quantitative estimate of drug-likeness (QED) is 0.871. The van der Waals surface area contributed by atoms with Crippen molar-refractivity contribution in [3.8, 4) is 5.75 Å². The van der Waals surface area contributed by atoms with E-state index in [9.17, 15) is 14.0 Å². The van der Waals surface area contributed by atoms with Gasteiger partial charge in [-0.05, 0) is 24.3 Å². The lowest BCUT2D eigenvalue weighted by atomic mass is 10.1. The van der Waals surface area contributed by atoms with Gasteiger partial charge >= 0.3 is 6.09 Å². The molecule has 0 heterocycles. The Bertz CT molecular complexity index is 614. The van der Waals surface area contributed by atoms with Crippen LogP contribution >= 0.6 is 0 Å². The van der Waals surface area contributed by atoms with Crippen molar-refractivity contribution in [2.24, 2.45) is 0 Å². The molecule has 0 saturated carbocycles. The summed E-state index contributed by atoms with van der Waals surface area (Å²) >= 11 is 0. The molecule has 5 heteroatoms. The number of amides is 1. The topological polar surface area (TPSA) is 55.4 Å². The summed E-state index contributed by atoms with van der Waals surface area (Å²) in [5.74, 6) is -0.513. The third kappa shape index (κ3) is 3.91. The predicted octanol–water partition coefficient (Wildman–Crippen LogP) is 2.80. The fourth-order valence-electron chi connectivity index (χ4n) is 1.55. The second-order valence-electron chi connectivity index (χ2n) is 3.99. The largest absolute Gasteiger partial charge is 0.412 e.